The Bertz CT molecular complexity index is 550. The monoisotopic (exact) mass is 304 g/mol. The summed E-state index contributed by atoms with van der Waals surface area (Å²) in [4.78, 5) is 0.818. The Kier molecular flexibility index (Phi) is 3.96. The number of hydrogen-bond donors (Lipinski definition) is 0. The molecule has 3 aliphatic carbocycles. The topological polar surface area (TPSA) is 26.3 Å². The van der Waals surface area contributed by atoms with Gasteiger partial charge in [-0.1, -0.05) is 39.0 Å². The molecule has 0 aliphatic heterocycles. The van der Waals surface area contributed by atoms with Gasteiger partial charge in [-0.3, -0.25) is 0 Å². The summed E-state index contributed by atoms with van der Waals surface area (Å²) in [5.41, 5.74) is 0.482. The lowest BCUT2D eigenvalue weighted by Crippen LogP contribution is -2.56. The van der Waals surface area contributed by atoms with Crippen LogP contribution >= 0.6 is 0 Å². The molecule has 4 rings (SSSR count). The molecule has 1 aromatic rings. The van der Waals surface area contributed by atoms with E-state index in [1.807, 2.05) is 30.3 Å². The standard InChI is InChI=1S/C18H24O2S/c1-13-16-11-14(18(16,2)3)12-17(13)20-9-10-21(19)15-7-5-4-6-8-15/h4-10,13-14,16-17H,11-12H2,1-3H3/b10-9+/t13-,14+,16-,17-,21?/m0/s1. The highest BCUT2D eigenvalue weighted by Gasteiger charge is 2.56. The van der Waals surface area contributed by atoms with E-state index in [4.69, 9.17) is 4.74 Å². The van der Waals surface area contributed by atoms with Crippen LogP contribution < -0.4 is 0 Å². The van der Waals surface area contributed by atoms with Crippen LogP contribution in [0.15, 0.2) is 46.9 Å². The van der Waals surface area contributed by atoms with Gasteiger partial charge in [-0.05, 0) is 48.1 Å². The van der Waals surface area contributed by atoms with E-state index in [1.54, 1.807) is 11.7 Å². The van der Waals surface area contributed by atoms with Crippen LogP contribution in [0.4, 0.5) is 0 Å². The highest BCUT2D eigenvalue weighted by atomic mass is 32.2. The number of hydrogen-bond acceptors (Lipinski definition) is 2. The summed E-state index contributed by atoms with van der Waals surface area (Å²) in [6.45, 7) is 7.08. The van der Waals surface area contributed by atoms with E-state index in [-0.39, 0.29) is 6.10 Å². The average molecular weight is 304 g/mol. The lowest BCUT2D eigenvalue weighted by molar-refractivity contribution is -0.156. The molecule has 2 nitrogen and oxygen atoms in total. The second-order valence-electron chi connectivity index (χ2n) is 7.01. The molecule has 1 unspecified atom stereocenters. The first-order valence-electron chi connectivity index (χ1n) is 7.78. The molecule has 0 amide bonds. The van der Waals surface area contributed by atoms with Gasteiger partial charge < -0.3 is 4.74 Å². The smallest absolute Gasteiger partial charge is 0.101 e. The summed E-state index contributed by atoms with van der Waals surface area (Å²) < 4.78 is 18.0. The van der Waals surface area contributed by atoms with Crippen molar-refractivity contribution in [1.29, 1.82) is 0 Å². The molecule has 0 radical (unpaired) electrons. The van der Waals surface area contributed by atoms with Gasteiger partial charge in [-0.15, -0.1) is 0 Å². The van der Waals surface area contributed by atoms with E-state index >= 15 is 0 Å². The van der Waals surface area contributed by atoms with Crippen LogP contribution in [0, 0.1) is 23.2 Å². The van der Waals surface area contributed by atoms with Crippen LogP contribution in [0.5, 0.6) is 0 Å². The van der Waals surface area contributed by atoms with Gasteiger partial charge in [0.05, 0.1) is 17.1 Å². The van der Waals surface area contributed by atoms with Gasteiger partial charge in [-0.25, -0.2) is 4.21 Å². The highest BCUT2D eigenvalue weighted by Crippen LogP contribution is 2.61. The normalized spacial score (nSPS) is 35.2. The molecule has 0 aromatic heterocycles. The number of rotatable bonds is 4. The third kappa shape index (κ3) is 2.68. The maximum Gasteiger partial charge on any atom is 0.101 e. The maximum atomic E-state index is 12.1. The summed E-state index contributed by atoms with van der Waals surface area (Å²) in [6, 6.07) is 9.49. The number of fused-ring (bicyclic) bond motifs is 2. The Balaban J connectivity index is 1.57. The minimum absolute atomic E-state index is 0.283. The lowest BCUT2D eigenvalue weighted by Gasteiger charge is -2.61. The molecular formula is C18H24O2S. The summed E-state index contributed by atoms with van der Waals surface area (Å²) >= 11 is 0. The second kappa shape index (κ2) is 5.60. The third-order valence-electron chi connectivity index (χ3n) is 5.69. The van der Waals surface area contributed by atoms with E-state index in [0.717, 1.165) is 23.2 Å². The molecule has 3 aliphatic rings. The SMILES string of the molecule is C[C@@H]1[C@@H](O/C=C/S(=O)c2ccccc2)C[C@H]2C[C@@H]1C2(C)C. The van der Waals surface area contributed by atoms with E-state index in [0.29, 0.717) is 11.3 Å². The molecule has 3 heteroatoms. The Hall–Kier alpha value is -1.09. The number of benzene rings is 1. The fourth-order valence-electron chi connectivity index (χ4n) is 4.10. The molecule has 0 saturated heterocycles. The van der Waals surface area contributed by atoms with Gasteiger partial charge in [0.1, 0.15) is 6.10 Å². The van der Waals surface area contributed by atoms with Crippen LogP contribution in [0.25, 0.3) is 0 Å². The third-order valence-corrected chi connectivity index (χ3v) is 6.79. The largest absolute Gasteiger partial charge is 0.497 e. The summed E-state index contributed by atoms with van der Waals surface area (Å²) in [5.74, 6) is 2.14. The van der Waals surface area contributed by atoms with Gasteiger partial charge in [0.15, 0.2) is 0 Å². The molecule has 3 saturated carbocycles. The van der Waals surface area contributed by atoms with E-state index in [9.17, 15) is 4.21 Å². The van der Waals surface area contributed by atoms with Crippen LogP contribution in [-0.2, 0) is 15.5 Å². The predicted molar refractivity (Wildman–Crippen MR) is 86.0 cm³/mol. The van der Waals surface area contributed by atoms with Crippen LogP contribution in [0.3, 0.4) is 0 Å². The maximum absolute atomic E-state index is 12.1. The molecule has 3 fully saturated rings. The van der Waals surface area contributed by atoms with Crippen LogP contribution in [0.2, 0.25) is 0 Å². The summed E-state index contributed by atoms with van der Waals surface area (Å²) in [7, 11) is -1.12. The molecule has 1 aromatic carbocycles. The van der Waals surface area contributed by atoms with Crippen molar-refractivity contribution >= 4 is 10.8 Å². The van der Waals surface area contributed by atoms with Crippen molar-refractivity contribution in [1.82, 2.24) is 0 Å². The molecule has 21 heavy (non-hydrogen) atoms. The Labute approximate surface area is 130 Å². The fourth-order valence-corrected chi connectivity index (χ4v) is 4.85. The first kappa shape index (κ1) is 14.8. The molecule has 2 bridgehead atoms. The zero-order valence-electron chi connectivity index (χ0n) is 13.0. The van der Waals surface area contributed by atoms with Crippen LogP contribution in [-0.4, -0.2) is 10.3 Å². The first-order chi connectivity index (χ1) is 10.00. The quantitative estimate of drug-likeness (QED) is 0.773. The van der Waals surface area contributed by atoms with Crippen molar-refractivity contribution in [2.45, 2.75) is 44.6 Å². The first-order valence-corrected chi connectivity index (χ1v) is 8.99. The molecular weight excluding hydrogens is 280 g/mol. The number of ether oxygens (including phenoxy) is 1. The van der Waals surface area contributed by atoms with Crippen molar-refractivity contribution < 1.29 is 8.95 Å². The van der Waals surface area contributed by atoms with Crippen molar-refractivity contribution in [2.75, 3.05) is 0 Å². The minimum atomic E-state index is -1.12. The Morgan fingerprint density at radius 1 is 1.24 bits per heavy atom. The zero-order valence-corrected chi connectivity index (χ0v) is 13.8. The van der Waals surface area contributed by atoms with Crippen molar-refractivity contribution in [3.63, 3.8) is 0 Å². The Morgan fingerprint density at radius 3 is 2.57 bits per heavy atom. The van der Waals surface area contributed by atoms with E-state index < -0.39 is 10.8 Å². The average Bonchev–Trinajstić information content (AvgIpc) is 2.49. The van der Waals surface area contributed by atoms with Crippen molar-refractivity contribution in [3.05, 3.63) is 42.0 Å². The molecule has 0 spiro atoms. The van der Waals surface area contributed by atoms with Gasteiger partial charge >= 0.3 is 0 Å². The molecule has 0 heterocycles. The van der Waals surface area contributed by atoms with Crippen molar-refractivity contribution in [3.8, 4) is 0 Å². The van der Waals surface area contributed by atoms with Crippen LogP contribution in [0.1, 0.15) is 33.6 Å². The minimum Gasteiger partial charge on any atom is -0.497 e. The molecule has 0 N–H and O–H groups in total. The summed E-state index contributed by atoms with van der Waals surface area (Å²) in [6.07, 6.45) is 4.42. The lowest BCUT2D eigenvalue weighted by atomic mass is 9.45. The summed E-state index contributed by atoms with van der Waals surface area (Å²) in [5, 5.41) is 1.66. The van der Waals surface area contributed by atoms with Gasteiger partial charge in [0, 0.05) is 10.3 Å². The van der Waals surface area contributed by atoms with E-state index in [1.165, 1.54) is 6.42 Å². The van der Waals surface area contributed by atoms with Gasteiger partial charge in [0.25, 0.3) is 0 Å². The molecule has 5 atom stereocenters. The zero-order chi connectivity index (χ0) is 15.0. The fraction of sp³-hybridized carbons (Fsp3) is 0.556. The predicted octanol–water partition coefficient (Wildman–Crippen LogP) is 4.35. The highest BCUT2D eigenvalue weighted by molar-refractivity contribution is 7.88. The van der Waals surface area contributed by atoms with E-state index in [2.05, 4.69) is 20.8 Å². The van der Waals surface area contributed by atoms with Crippen molar-refractivity contribution in [2.24, 2.45) is 23.2 Å². The molecule has 114 valence electrons. The Morgan fingerprint density at radius 2 is 1.95 bits per heavy atom. The second-order valence-corrected chi connectivity index (χ2v) is 8.35. The van der Waals surface area contributed by atoms with Gasteiger partial charge in [0.2, 0.25) is 0 Å². The van der Waals surface area contributed by atoms with Gasteiger partial charge in [-0.2, -0.15) is 0 Å².